The van der Waals surface area contributed by atoms with E-state index in [0.29, 0.717) is 20.9 Å². The van der Waals surface area contributed by atoms with Crippen molar-refractivity contribution in [3.63, 3.8) is 0 Å². The Morgan fingerprint density at radius 1 is 1.10 bits per heavy atom. The third-order valence-electron chi connectivity index (χ3n) is 4.47. The lowest BCUT2D eigenvalue weighted by molar-refractivity contribution is -0.115. The summed E-state index contributed by atoms with van der Waals surface area (Å²) in [4.78, 5) is 25.8. The fourth-order valence-corrected chi connectivity index (χ4v) is 3.82. The van der Waals surface area contributed by atoms with Gasteiger partial charge in [-0.3, -0.25) is 14.7 Å². The van der Waals surface area contributed by atoms with Gasteiger partial charge < -0.3 is 10.6 Å². The molecule has 0 aliphatic heterocycles. The number of rotatable bonds is 5. The number of H-pyrrole nitrogens is 1. The molecule has 0 bridgehead atoms. The van der Waals surface area contributed by atoms with Gasteiger partial charge in [0.15, 0.2) is 0 Å². The van der Waals surface area contributed by atoms with Crippen LogP contribution in [-0.2, 0) is 11.2 Å². The number of carbonyl (C=O) groups is 2. The SMILES string of the molecule is Cc1ccccc1CC(=O)Nc1[nH]nc2sc(C(=O)Nc3ccccc3F)cc12. The number of hydrogen-bond acceptors (Lipinski definition) is 4. The molecular formula is C21H17FN4O2S. The lowest BCUT2D eigenvalue weighted by Gasteiger charge is -2.06. The quantitative estimate of drug-likeness (QED) is 0.454. The average molecular weight is 408 g/mol. The molecule has 4 rings (SSSR count). The number of nitrogens with one attached hydrogen (secondary N) is 3. The van der Waals surface area contributed by atoms with Gasteiger partial charge in [0, 0.05) is 0 Å². The summed E-state index contributed by atoms with van der Waals surface area (Å²) >= 11 is 1.16. The number of carbonyl (C=O) groups excluding carboxylic acids is 2. The molecule has 0 spiro atoms. The molecule has 4 aromatic rings. The van der Waals surface area contributed by atoms with E-state index in [-0.39, 0.29) is 18.0 Å². The molecule has 2 aromatic heterocycles. The van der Waals surface area contributed by atoms with Crippen molar-refractivity contribution in [2.45, 2.75) is 13.3 Å². The minimum atomic E-state index is -0.507. The van der Waals surface area contributed by atoms with Crippen molar-refractivity contribution in [2.75, 3.05) is 10.6 Å². The Hall–Kier alpha value is -3.52. The molecule has 0 aliphatic carbocycles. The van der Waals surface area contributed by atoms with Crippen LogP contribution in [0.4, 0.5) is 15.9 Å². The first-order chi connectivity index (χ1) is 14.0. The first-order valence-corrected chi connectivity index (χ1v) is 9.71. The van der Waals surface area contributed by atoms with Gasteiger partial charge in [-0.2, -0.15) is 5.10 Å². The molecule has 0 atom stereocenters. The van der Waals surface area contributed by atoms with E-state index < -0.39 is 11.7 Å². The van der Waals surface area contributed by atoms with Crippen LogP contribution in [0, 0.1) is 12.7 Å². The van der Waals surface area contributed by atoms with Gasteiger partial charge in [-0.15, -0.1) is 11.3 Å². The number of amides is 2. The van der Waals surface area contributed by atoms with E-state index in [4.69, 9.17) is 0 Å². The molecule has 0 radical (unpaired) electrons. The van der Waals surface area contributed by atoms with Gasteiger partial charge in [0.05, 0.1) is 22.4 Å². The number of aromatic nitrogens is 2. The van der Waals surface area contributed by atoms with Crippen LogP contribution in [-0.4, -0.2) is 22.0 Å². The van der Waals surface area contributed by atoms with Crippen molar-refractivity contribution in [1.29, 1.82) is 0 Å². The topological polar surface area (TPSA) is 86.9 Å². The summed E-state index contributed by atoms with van der Waals surface area (Å²) in [5, 5.41) is 12.9. The number of anilines is 2. The van der Waals surface area contributed by atoms with Gasteiger partial charge >= 0.3 is 0 Å². The zero-order valence-corrected chi connectivity index (χ0v) is 16.3. The summed E-state index contributed by atoms with van der Waals surface area (Å²) in [6.07, 6.45) is 0.234. The molecule has 29 heavy (non-hydrogen) atoms. The molecule has 0 saturated carbocycles. The fraction of sp³-hybridized carbons (Fsp3) is 0.0952. The van der Waals surface area contributed by atoms with Crippen LogP contribution in [0.15, 0.2) is 54.6 Å². The Morgan fingerprint density at radius 3 is 2.66 bits per heavy atom. The maximum Gasteiger partial charge on any atom is 0.265 e. The number of hydrogen-bond donors (Lipinski definition) is 3. The number of para-hydroxylation sites is 1. The van der Waals surface area contributed by atoms with Crippen molar-refractivity contribution in [3.8, 4) is 0 Å². The minimum Gasteiger partial charge on any atom is -0.319 e. The van der Waals surface area contributed by atoms with Crippen LogP contribution in [0.3, 0.4) is 0 Å². The highest BCUT2D eigenvalue weighted by atomic mass is 32.1. The van der Waals surface area contributed by atoms with Gasteiger partial charge in [0.25, 0.3) is 5.91 Å². The highest BCUT2D eigenvalue weighted by Crippen LogP contribution is 2.30. The predicted molar refractivity (Wildman–Crippen MR) is 112 cm³/mol. The molecule has 2 aromatic carbocycles. The Balaban J connectivity index is 1.50. The zero-order valence-electron chi connectivity index (χ0n) is 15.5. The Bertz CT molecular complexity index is 1210. The third kappa shape index (κ3) is 4.02. The number of nitrogens with zero attached hydrogens (tertiary/aromatic N) is 1. The molecule has 0 fully saturated rings. The second-order valence-electron chi connectivity index (χ2n) is 6.51. The third-order valence-corrected chi connectivity index (χ3v) is 5.50. The van der Waals surface area contributed by atoms with Crippen molar-refractivity contribution < 1.29 is 14.0 Å². The van der Waals surface area contributed by atoms with Gasteiger partial charge in [-0.05, 0) is 36.2 Å². The first-order valence-electron chi connectivity index (χ1n) is 8.89. The van der Waals surface area contributed by atoms with Crippen molar-refractivity contribution in [2.24, 2.45) is 0 Å². The summed E-state index contributed by atoms with van der Waals surface area (Å²) in [5.41, 5.74) is 2.09. The van der Waals surface area contributed by atoms with Crippen LogP contribution < -0.4 is 10.6 Å². The van der Waals surface area contributed by atoms with Crippen molar-refractivity contribution >= 4 is 44.9 Å². The van der Waals surface area contributed by atoms with Crippen LogP contribution in [0.2, 0.25) is 0 Å². The molecule has 0 aliphatic rings. The van der Waals surface area contributed by atoms with Gasteiger partial charge in [0.2, 0.25) is 5.91 Å². The van der Waals surface area contributed by atoms with Crippen molar-refractivity contribution in [1.82, 2.24) is 10.2 Å². The molecule has 3 N–H and O–H groups in total. The molecule has 146 valence electrons. The second kappa shape index (κ2) is 7.84. The standard InChI is InChI=1S/C21H17FN4O2S/c1-12-6-2-3-7-13(12)10-18(27)24-19-14-11-17(29-21(14)26-25-19)20(28)23-16-9-5-4-8-15(16)22/h2-9,11H,10H2,1H3,(H,23,28)(H2,24,25,26,27). The fourth-order valence-electron chi connectivity index (χ4n) is 2.93. The number of thiophene rings is 1. The first kappa shape index (κ1) is 18.8. The van der Waals surface area contributed by atoms with E-state index in [9.17, 15) is 14.0 Å². The van der Waals surface area contributed by atoms with Crippen molar-refractivity contribution in [3.05, 3.63) is 76.4 Å². The van der Waals surface area contributed by atoms with E-state index in [1.165, 1.54) is 12.1 Å². The normalized spacial score (nSPS) is 10.8. The Labute approximate surface area is 169 Å². The smallest absolute Gasteiger partial charge is 0.265 e. The highest BCUT2D eigenvalue weighted by Gasteiger charge is 2.17. The maximum atomic E-state index is 13.7. The van der Waals surface area contributed by atoms with Gasteiger partial charge in [-0.25, -0.2) is 4.39 Å². The summed E-state index contributed by atoms with van der Waals surface area (Å²) in [7, 11) is 0. The molecule has 6 nitrogen and oxygen atoms in total. The van der Waals surface area contributed by atoms with E-state index in [0.717, 1.165) is 22.5 Å². The number of halogens is 1. The number of benzene rings is 2. The van der Waals surface area contributed by atoms with Gasteiger partial charge in [-0.1, -0.05) is 36.4 Å². The summed E-state index contributed by atoms with van der Waals surface area (Å²) in [5.74, 6) is -0.699. The maximum absolute atomic E-state index is 13.7. The molecule has 2 heterocycles. The largest absolute Gasteiger partial charge is 0.319 e. The Kier molecular flexibility index (Phi) is 5.09. The average Bonchev–Trinajstić information content (AvgIpc) is 3.28. The summed E-state index contributed by atoms with van der Waals surface area (Å²) in [6, 6.07) is 15.3. The highest BCUT2D eigenvalue weighted by molar-refractivity contribution is 7.20. The number of aromatic amines is 1. The molecule has 0 unspecified atom stereocenters. The molecular weight excluding hydrogens is 391 g/mol. The van der Waals surface area contributed by atoms with Crippen LogP contribution in [0.25, 0.3) is 10.2 Å². The van der Waals surface area contributed by atoms with Crippen LogP contribution in [0.5, 0.6) is 0 Å². The van der Waals surface area contributed by atoms with Crippen LogP contribution >= 0.6 is 11.3 Å². The molecule has 8 heteroatoms. The summed E-state index contributed by atoms with van der Waals surface area (Å²) < 4.78 is 13.7. The lowest BCUT2D eigenvalue weighted by atomic mass is 10.1. The van der Waals surface area contributed by atoms with Gasteiger partial charge in [0.1, 0.15) is 16.5 Å². The van der Waals surface area contributed by atoms with E-state index >= 15 is 0 Å². The lowest BCUT2D eigenvalue weighted by Crippen LogP contribution is -2.15. The number of fused-ring (bicyclic) bond motifs is 1. The van der Waals surface area contributed by atoms with E-state index in [1.807, 2.05) is 31.2 Å². The van der Waals surface area contributed by atoms with Crippen LogP contribution in [0.1, 0.15) is 20.8 Å². The van der Waals surface area contributed by atoms with E-state index in [2.05, 4.69) is 20.8 Å². The Morgan fingerprint density at radius 2 is 1.86 bits per heavy atom. The predicted octanol–water partition coefficient (Wildman–Crippen LogP) is 4.51. The molecule has 2 amide bonds. The van der Waals surface area contributed by atoms with E-state index in [1.54, 1.807) is 18.2 Å². The zero-order chi connectivity index (χ0) is 20.4. The monoisotopic (exact) mass is 408 g/mol. The summed E-state index contributed by atoms with van der Waals surface area (Å²) in [6.45, 7) is 1.95. The minimum absolute atomic E-state index is 0.108. The number of aryl methyl sites for hydroxylation is 1. The molecule has 0 saturated heterocycles. The second-order valence-corrected chi connectivity index (χ2v) is 7.54.